The number of likely N-dealkylation sites (tertiary alicyclic amines) is 1. The molecule has 2 N–H and O–H groups in total. The average molecular weight is 274 g/mol. The number of fused-ring (bicyclic) bond motifs is 1. The van der Waals surface area contributed by atoms with E-state index in [0.717, 1.165) is 37.0 Å². The minimum absolute atomic E-state index is 0.0126. The molecule has 20 heavy (non-hydrogen) atoms. The van der Waals surface area contributed by atoms with Gasteiger partial charge in [0.1, 0.15) is 0 Å². The Morgan fingerprint density at radius 1 is 1.60 bits per heavy atom. The summed E-state index contributed by atoms with van der Waals surface area (Å²) in [5.74, 6) is 0.427. The fourth-order valence-electron chi connectivity index (χ4n) is 2.64. The molecule has 1 atom stereocenters. The molecule has 0 saturated carbocycles. The minimum Gasteiger partial charge on any atom is -0.338 e. The maximum Gasteiger partial charge on any atom is 0.257 e. The molecule has 6 nitrogen and oxygen atoms in total. The maximum atomic E-state index is 12.5. The second-order valence-electron chi connectivity index (χ2n) is 5.20. The number of pyridine rings is 1. The van der Waals surface area contributed by atoms with Crippen LogP contribution in [0.25, 0.3) is 11.1 Å². The van der Waals surface area contributed by atoms with E-state index in [0.29, 0.717) is 23.7 Å². The van der Waals surface area contributed by atoms with Gasteiger partial charge in [0.05, 0.1) is 16.6 Å². The standard InChI is InChI=1S/C14H18N4O2/c1-2-12-11-5-10(7-16-13(11)20-17-12)14(19)18-4-3-9(6-15)8-18/h5,7,9H,2-4,6,8,15H2,1H3/t9-/m1/s1. The van der Waals surface area contributed by atoms with Gasteiger partial charge in [-0.15, -0.1) is 0 Å². The SMILES string of the molecule is CCc1noc2ncc(C(=O)N3CC[C@H](CN)C3)cc12. The maximum absolute atomic E-state index is 12.5. The van der Waals surface area contributed by atoms with Gasteiger partial charge in [-0.1, -0.05) is 12.1 Å². The van der Waals surface area contributed by atoms with Gasteiger partial charge in [0.15, 0.2) is 0 Å². The van der Waals surface area contributed by atoms with Crippen LogP contribution in [0.15, 0.2) is 16.8 Å². The first-order valence-electron chi connectivity index (χ1n) is 6.96. The highest BCUT2D eigenvalue weighted by molar-refractivity contribution is 5.97. The van der Waals surface area contributed by atoms with E-state index in [1.165, 1.54) is 0 Å². The largest absolute Gasteiger partial charge is 0.338 e. The molecule has 1 fully saturated rings. The van der Waals surface area contributed by atoms with E-state index in [9.17, 15) is 4.79 Å². The highest BCUT2D eigenvalue weighted by Gasteiger charge is 2.26. The lowest BCUT2D eigenvalue weighted by Gasteiger charge is -2.15. The lowest BCUT2D eigenvalue weighted by molar-refractivity contribution is 0.0787. The molecule has 0 spiro atoms. The van der Waals surface area contributed by atoms with Crippen molar-refractivity contribution in [3.8, 4) is 0 Å². The van der Waals surface area contributed by atoms with Crippen molar-refractivity contribution >= 4 is 17.0 Å². The number of carbonyl (C=O) groups is 1. The van der Waals surface area contributed by atoms with Gasteiger partial charge in [0.2, 0.25) is 0 Å². The van der Waals surface area contributed by atoms with Crippen molar-refractivity contribution in [2.45, 2.75) is 19.8 Å². The minimum atomic E-state index is 0.0126. The third kappa shape index (κ3) is 2.16. The molecule has 3 rings (SSSR count). The Bertz CT molecular complexity index is 637. The van der Waals surface area contributed by atoms with Crippen molar-refractivity contribution in [3.63, 3.8) is 0 Å². The van der Waals surface area contributed by atoms with E-state index in [2.05, 4.69) is 10.1 Å². The van der Waals surface area contributed by atoms with Crippen LogP contribution in [0.3, 0.4) is 0 Å². The number of rotatable bonds is 3. The predicted molar refractivity (Wildman–Crippen MR) is 74.2 cm³/mol. The Morgan fingerprint density at radius 2 is 2.45 bits per heavy atom. The van der Waals surface area contributed by atoms with Gasteiger partial charge in [0, 0.05) is 19.3 Å². The van der Waals surface area contributed by atoms with Crippen LogP contribution in [0, 0.1) is 5.92 Å². The fourth-order valence-corrected chi connectivity index (χ4v) is 2.64. The predicted octanol–water partition coefficient (Wildman–Crippen LogP) is 1.21. The summed E-state index contributed by atoms with van der Waals surface area (Å²) in [4.78, 5) is 18.5. The summed E-state index contributed by atoms with van der Waals surface area (Å²) in [5.41, 5.74) is 7.58. The zero-order valence-electron chi connectivity index (χ0n) is 11.5. The first-order chi connectivity index (χ1) is 9.72. The molecule has 1 aliphatic heterocycles. The fraction of sp³-hybridized carbons (Fsp3) is 0.500. The van der Waals surface area contributed by atoms with Crippen LogP contribution in [0.4, 0.5) is 0 Å². The molecule has 0 aromatic carbocycles. The van der Waals surface area contributed by atoms with E-state index >= 15 is 0 Å². The molecule has 6 heteroatoms. The number of aryl methyl sites for hydroxylation is 1. The zero-order valence-corrected chi connectivity index (χ0v) is 11.5. The molecule has 106 valence electrons. The third-order valence-corrected chi connectivity index (χ3v) is 3.89. The number of hydrogen-bond donors (Lipinski definition) is 1. The zero-order chi connectivity index (χ0) is 14.1. The summed E-state index contributed by atoms with van der Waals surface area (Å²) in [7, 11) is 0. The first kappa shape index (κ1) is 13.1. The van der Waals surface area contributed by atoms with Crippen LogP contribution in [0.1, 0.15) is 29.4 Å². The van der Waals surface area contributed by atoms with Gasteiger partial charge < -0.3 is 15.2 Å². The van der Waals surface area contributed by atoms with Gasteiger partial charge in [-0.25, -0.2) is 4.98 Å². The topological polar surface area (TPSA) is 85.2 Å². The van der Waals surface area contributed by atoms with E-state index in [4.69, 9.17) is 10.3 Å². The van der Waals surface area contributed by atoms with Crippen molar-refractivity contribution in [3.05, 3.63) is 23.5 Å². The second kappa shape index (κ2) is 5.20. The van der Waals surface area contributed by atoms with Crippen molar-refractivity contribution in [1.82, 2.24) is 15.0 Å². The normalized spacial score (nSPS) is 18.9. The summed E-state index contributed by atoms with van der Waals surface area (Å²) >= 11 is 0. The molecular formula is C14H18N4O2. The number of nitrogens with two attached hydrogens (primary N) is 1. The smallest absolute Gasteiger partial charge is 0.257 e. The number of carbonyl (C=O) groups excluding carboxylic acids is 1. The highest BCUT2D eigenvalue weighted by Crippen LogP contribution is 2.21. The Labute approximate surface area is 116 Å². The quantitative estimate of drug-likeness (QED) is 0.909. The molecule has 0 unspecified atom stereocenters. The Hall–Kier alpha value is -1.95. The van der Waals surface area contributed by atoms with Gasteiger partial charge in [0.25, 0.3) is 11.6 Å². The molecule has 2 aromatic heterocycles. The first-order valence-corrected chi connectivity index (χ1v) is 6.96. The van der Waals surface area contributed by atoms with E-state index in [1.54, 1.807) is 6.20 Å². The summed E-state index contributed by atoms with van der Waals surface area (Å²) in [6.07, 6.45) is 3.29. The van der Waals surface area contributed by atoms with E-state index < -0.39 is 0 Å². The van der Waals surface area contributed by atoms with Crippen LogP contribution >= 0.6 is 0 Å². The molecule has 0 radical (unpaired) electrons. The average Bonchev–Trinajstić information content (AvgIpc) is 3.12. The number of amides is 1. The van der Waals surface area contributed by atoms with Gasteiger partial charge >= 0.3 is 0 Å². The van der Waals surface area contributed by atoms with Crippen LogP contribution in [-0.2, 0) is 6.42 Å². The van der Waals surface area contributed by atoms with Crippen molar-refractivity contribution in [2.75, 3.05) is 19.6 Å². The molecule has 0 aliphatic carbocycles. The molecule has 1 amide bonds. The summed E-state index contributed by atoms with van der Waals surface area (Å²) in [5, 5.41) is 4.78. The number of aromatic nitrogens is 2. The van der Waals surface area contributed by atoms with Crippen molar-refractivity contribution < 1.29 is 9.32 Å². The van der Waals surface area contributed by atoms with E-state index in [-0.39, 0.29) is 5.91 Å². The number of nitrogens with zero attached hydrogens (tertiary/aromatic N) is 3. The lowest BCUT2D eigenvalue weighted by Crippen LogP contribution is -2.29. The third-order valence-electron chi connectivity index (χ3n) is 3.89. The Balaban J connectivity index is 1.88. The second-order valence-corrected chi connectivity index (χ2v) is 5.20. The Morgan fingerprint density at radius 3 is 3.15 bits per heavy atom. The van der Waals surface area contributed by atoms with Crippen LogP contribution in [0.2, 0.25) is 0 Å². The summed E-state index contributed by atoms with van der Waals surface area (Å²) in [6, 6.07) is 1.83. The monoisotopic (exact) mass is 274 g/mol. The van der Waals surface area contributed by atoms with Gasteiger partial charge in [-0.3, -0.25) is 4.79 Å². The van der Waals surface area contributed by atoms with Crippen LogP contribution < -0.4 is 5.73 Å². The van der Waals surface area contributed by atoms with Crippen molar-refractivity contribution in [2.24, 2.45) is 11.7 Å². The van der Waals surface area contributed by atoms with Crippen LogP contribution in [-0.4, -0.2) is 40.6 Å². The highest BCUT2D eigenvalue weighted by atomic mass is 16.5. The molecule has 2 aromatic rings. The van der Waals surface area contributed by atoms with Crippen molar-refractivity contribution in [1.29, 1.82) is 0 Å². The van der Waals surface area contributed by atoms with E-state index in [1.807, 2.05) is 17.9 Å². The van der Waals surface area contributed by atoms with Gasteiger partial charge in [-0.2, -0.15) is 0 Å². The Kier molecular flexibility index (Phi) is 3.40. The molecule has 1 aliphatic rings. The summed E-state index contributed by atoms with van der Waals surface area (Å²) < 4.78 is 5.13. The summed E-state index contributed by atoms with van der Waals surface area (Å²) in [6.45, 7) is 4.13. The molecule has 1 saturated heterocycles. The molecule has 3 heterocycles. The van der Waals surface area contributed by atoms with Crippen LogP contribution in [0.5, 0.6) is 0 Å². The van der Waals surface area contributed by atoms with Gasteiger partial charge in [-0.05, 0) is 31.4 Å². The lowest BCUT2D eigenvalue weighted by atomic mass is 10.1. The molecule has 0 bridgehead atoms. The number of hydrogen-bond acceptors (Lipinski definition) is 5. The molecular weight excluding hydrogens is 256 g/mol.